The fourth-order valence-electron chi connectivity index (χ4n) is 3.21. The first kappa shape index (κ1) is 21.9. The molecule has 0 fully saturated rings. The van der Waals surface area contributed by atoms with Crippen LogP contribution in [0.4, 0.5) is 10.6 Å². The highest BCUT2D eigenvalue weighted by atomic mass is 16.5. The molecule has 0 radical (unpaired) electrons. The average molecular weight is 415 g/mol. The Bertz CT molecular complexity index is 1030. The van der Waals surface area contributed by atoms with Crippen molar-refractivity contribution in [3.8, 4) is 0 Å². The monoisotopic (exact) mass is 415 g/mol. The summed E-state index contributed by atoms with van der Waals surface area (Å²) in [4.78, 5) is 21.6. The van der Waals surface area contributed by atoms with Crippen molar-refractivity contribution >= 4 is 33.8 Å². The highest BCUT2D eigenvalue weighted by Gasteiger charge is 2.23. The summed E-state index contributed by atoms with van der Waals surface area (Å²) in [6.45, 7) is 7.31. The second-order valence-corrected chi connectivity index (χ2v) is 7.60. The standard InChI is InChI=1S/C21H29N5O4/c1-5-29-12-16-24-17-18(26(16)13-21(2,3)28)14-8-6-7-9-15(14)23-19(17)25-20(27)30-11-10-22-4/h6-9,22,28H,5,10-13H2,1-4H3,(H,23,25,27). The zero-order valence-corrected chi connectivity index (χ0v) is 17.9. The first-order valence-corrected chi connectivity index (χ1v) is 10.0. The van der Waals surface area contributed by atoms with Crippen LogP contribution in [0, 0.1) is 0 Å². The zero-order chi connectivity index (χ0) is 21.7. The van der Waals surface area contributed by atoms with Gasteiger partial charge in [-0.1, -0.05) is 18.2 Å². The van der Waals surface area contributed by atoms with E-state index in [0.29, 0.717) is 42.4 Å². The Morgan fingerprint density at radius 2 is 2.03 bits per heavy atom. The van der Waals surface area contributed by atoms with E-state index in [0.717, 1.165) is 10.9 Å². The SMILES string of the molecule is CCOCc1nc2c(NC(=O)OCCNC)nc3ccccc3c2n1CC(C)(C)O. The number of ether oxygens (including phenoxy) is 2. The molecule has 162 valence electrons. The largest absolute Gasteiger partial charge is 0.448 e. The van der Waals surface area contributed by atoms with Crippen LogP contribution >= 0.6 is 0 Å². The van der Waals surface area contributed by atoms with Gasteiger partial charge in [-0.15, -0.1) is 0 Å². The summed E-state index contributed by atoms with van der Waals surface area (Å²) in [5.74, 6) is 0.962. The number of para-hydroxylation sites is 1. The molecule has 0 aliphatic rings. The molecule has 0 saturated carbocycles. The number of carbonyl (C=O) groups excluding carboxylic acids is 1. The number of pyridine rings is 1. The zero-order valence-electron chi connectivity index (χ0n) is 17.9. The number of nitrogens with one attached hydrogen (secondary N) is 2. The van der Waals surface area contributed by atoms with Crippen molar-refractivity contribution in [3.05, 3.63) is 30.1 Å². The molecule has 3 N–H and O–H groups in total. The number of hydrogen-bond acceptors (Lipinski definition) is 7. The molecule has 0 bridgehead atoms. The lowest BCUT2D eigenvalue weighted by molar-refractivity contribution is 0.0582. The van der Waals surface area contributed by atoms with Crippen molar-refractivity contribution in [3.63, 3.8) is 0 Å². The van der Waals surface area contributed by atoms with Crippen molar-refractivity contribution in [2.75, 3.05) is 32.1 Å². The van der Waals surface area contributed by atoms with Gasteiger partial charge in [0.15, 0.2) is 5.82 Å². The van der Waals surface area contributed by atoms with Crippen LogP contribution in [0.15, 0.2) is 24.3 Å². The lowest BCUT2D eigenvalue weighted by Gasteiger charge is -2.20. The van der Waals surface area contributed by atoms with Crippen LogP contribution in [0.2, 0.25) is 0 Å². The highest BCUT2D eigenvalue weighted by Crippen LogP contribution is 2.31. The number of rotatable bonds is 9. The van der Waals surface area contributed by atoms with Crippen molar-refractivity contribution in [1.82, 2.24) is 19.9 Å². The summed E-state index contributed by atoms with van der Waals surface area (Å²) in [6.07, 6.45) is -0.599. The molecule has 0 unspecified atom stereocenters. The first-order valence-electron chi connectivity index (χ1n) is 10.0. The number of benzene rings is 1. The molecule has 0 aliphatic carbocycles. The Labute approximate surface area is 175 Å². The van der Waals surface area contributed by atoms with Gasteiger partial charge >= 0.3 is 6.09 Å². The number of likely N-dealkylation sites (N-methyl/N-ethyl adjacent to an activating group) is 1. The van der Waals surface area contributed by atoms with E-state index >= 15 is 0 Å². The summed E-state index contributed by atoms with van der Waals surface area (Å²) in [5.41, 5.74) is 1.04. The molecule has 3 rings (SSSR count). The fourth-order valence-corrected chi connectivity index (χ4v) is 3.21. The van der Waals surface area contributed by atoms with Crippen LogP contribution in [0.5, 0.6) is 0 Å². The van der Waals surface area contributed by atoms with Crippen LogP contribution in [0.1, 0.15) is 26.6 Å². The summed E-state index contributed by atoms with van der Waals surface area (Å²) >= 11 is 0. The van der Waals surface area contributed by atoms with Gasteiger partial charge in [-0.3, -0.25) is 5.32 Å². The predicted molar refractivity (Wildman–Crippen MR) is 116 cm³/mol. The third-order valence-corrected chi connectivity index (χ3v) is 4.45. The second-order valence-electron chi connectivity index (χ2n) is 7.60. The topological polar surface area (TPSA) is 111 Å². The second kappa shape index (κ2) is 9.38. The maximum Gasteiger partial charge on any atom is 0.412 e. The van der Waals surface area contributed by atoms with Crippen molar-refractivity contribution in [2.45, 2.75) is 39.5 Å². The molecule has 1 amide bonds. The third kappa shape index (κ3) is 5.05. The first-order chi connectivity index (χ1) is 14.3. The van der Waals surface area contributed by atoms with Crippen molar-refractivity contribution in [1.29, 1.82) is 0 Å². The molecule has 3 aromatic rings. The molecule has 30 heavy (non-hydrogen) atoms. The number of anilines is 1. The lowest BCUT2D eigenvalue weighted by atomic mass is 10.1. The van der Waals surface area contributed by atoms with Crippen LogP contribution in [-0.4, -0.2) is 58.1 Å². The van der Waals surface area contributed by atoms with E-state index in [1.165, 1.54) is 0 Å². The van der Waals surface area contributed by atoms with Gasteiger partial charge in [0.2, 0.25) is 0 Å². The quantitative estimate of drug-likeness (QED) is 0.461. The number of fused-ring (bicyclic) bond motifs is 3. The van der Waals surface area contributed by atoms with Crippen LogP contribution < -0.4 is 10.6 Å². The maximum absolute atomic E-state index is 12.3. The predicted octanol–water partition coefficient (Wildman–Crippen LogP) is 2.66. The van der Waals surface area contributed by atoms with Gasteiger partial charge in [0, 0.05) is 18.5 Å². The molecule has 0 spiro atoms. The molecule has 2 aromatic heterocycles. The Morgan fingerprint density at radius 1 is 1.27 bits per heavy atom. The number of carbonyl (C=O) groups is 1. The van der Waals surface area contributed by atoms with Crippen LogP contribution in [-0.2, 0) is 22.6 Å². The Morgan fingerprint density at radius 3 is 2.73 bits per heavy atom. The van der Waals surface area contributed by atoms with Gasteiger partial charge < -0.3 is 24.5 Å². The van der Waals surface area contributed by atoms with Gasteiger partial charge in [0.1, 0.15) is 24.6 Å². The number of aliphatic hydroxyl groups is 1. The number of imidazole rings is 1. The van der Waals surface area contributed by atoms with Gasteiger partial charge in [0.05, 0.1) is 23.2 Å². The van der Waals surface area contributed by atoms with E-state index in [-0.39, 0.29) is 13.2 Å². The van der Waals surface area contributed by atoms with Gasteiger partial charge in [-0.25, -0.2) is 14.8 Å². The minimum Gasteiger partial charge on any atom is -0.448 e. The lowest BCUT2D eigenvalue weighted by Crippen LogP contribution is -2.27. The van der Waals surface area contributed by atoms with E-state index < -0.39 is 11.7 Å². The molecule has 0 saturated heterocycles. The van der Waals surface area contributed by atoms with Gasteiger partial charge in [0.25, 0.3) is 0 Å². The van der Waals surface area contributed by atoms with Crippen molar-refractivity contribution in [2.24, 2.45) is 0 Å². The molecule has 0 aliphatic heterocycles. The molecule has 0 atom stereocenters. The van der Waals surface area contributed by atoms with Crippen molar-refractivity contribution < 1.29 is 19.4 Å². The molecular formula is C21H29N5O4. The Balaban J connectivity index is 2.15. The smallest absolute Gasteiger partial charge is 0.412 e. The number of nitrogens with zero attached hydrogens (tertiary/aromatic N) is 3. The summed E-state index contributed by atoms with van der Waals surface area (Å²) in [7, 11) is 1.78. The van der Waals surface area contributed by atoms with Crippen LogP contribution in [0.3, 0.4) is 0 Å². The molecular weight excluding hydrogens is 386 g/mol. The summed E-state index contributed by atoms with van der Waals surface area (Å²) in [5, 5.41) is 17.0. The van der Waals surface area contributed by atoms with E-state index in [9.17, 15) is 9.90 Å². The average Bonchev–Trinajstić information content (AvgIpc) is 3.04. The minimum atomic E-state index is -0.974. The van der Waals surface area contributed by atoms with E-state index in [4.69, 9.17) is 14.5 Å². The molecule has 9 nitrogen and oxygen atoms in total. The van der Waals surface area contributed by atoms with E-state index in [1.807, 2.05) is 35.8 Å². The highest BCUT2D eigenvalue weighted by molar-refractivity contribution is 6.09. The maximum atomic E-state index is 12.3. The normalized spacial score (nSPS) is 11.9. The number of amides is 1. The van der Waals surface area contributed by atoms with Gasteiger partial charge in [-0.2, -0.15) is 0 Å². The molecule has 9 heteroatoms. The summed E-state index contributed by atoms with van der Waals surface area (Å²) < 4.78 is 12.7. The molecule has 2 heterocycles. The minimum absolute atomic E-state index is 0.238. The Kier molecular flexibility index (Phi) is 6.86. The fraction of sp³-hybridized carbons (Fsp3) is 0.476. The summed E-state index contributed by atoms with van der Waals surface area (Å²) in [6, 6.07) is 7.63. The van der Waals surface area contributed by atoms with E-state index in [2.05, 4.69) is 15.6 Å². The number of aromatic nitrogens is 3. The van der Waals surface area contributed by atoms with Gasteiger partial charge in [-0.05, 0) is 33.9 Å². The Hall–Kier alpha value is -2.75. The third-order valence-electron chi connectivity index (χ3n) is 4.45. The van der Waals surface area contributed by atoms with E-state index in [1.54, 1.807) is 20.9 Å². The molecule has 1 aromatic carbocycles. The number of hydrogen-bond donors (Lipinski definition) is 3. The van der Waals surface area contributed by atoms with Crippen LogP contribution in [0.25, 0.3) is 21.9 Å².